The average molecular weight is 403 g/mol. The summed E-state index contributed by atoms with van der Waals surface area (Å²) in [5, 5.41) is 25.0. The fourth-order valence-electron chi connectivity index (χ4n) is 2.86. The normalized spacial score (nSPS) is 19.5. The monoisotopic (exact) mass is 402 g/mol. The second-order valence-corrected chi connectivity index (χ2v) is 8.08. The Morgan fingerprint density at radius 3 is 2.67 bits per heavy atom. The molecule has 140 valence electrons. The van der Waals surface area contributed by atoms with Gasteiger partial charge >= 0.3 is 0 Å². The van der Waals surface area contributed by atoms with Crippen molar-refractivity contribution in [2.75, 3.05) is 5.75 Å². The molecule has 0 fully saturated rings. The molecule has 1 aliphatic rings. The van der Waals surface area contributed by atoms with Crippen molar-refractivity contribution in [2.45, 2.75) is 26.8 Å². The van der Waals surface area contributed by atoms with Crippen molar-refractivity contribution >= 4 is 35.2 Å². The predicted octanol–water partition coefficient (Wildman–Crippen LogP) is 3.28. The van der Waals surface area contributed by atoms with Crippen molar-refractivity contribution in [3.05, 3.63) is 45.5 Å². The van der Waals surface area contributed by atoms with Crippen LogP contribution in [0, 0.1) is 34.0 Å². The highest BCUT2D eigenvalue weighted by Crippen LogP contribution is 2.41. The number of amides is 2. The molecule has 6 nitrogen and oxygen atoms in total. The lowest BCUT2D eigenvalue weighted by Gasteiger charge is -2.34. The van der Waals surface area contributed by atoms with Crippen LogP contribution in [0.5, 0.6) is 0 Å². The summed E-state index contributed by atoms with van der Waals surface area (Å²) in [7, 11) is 0. The lowest BCUT2D eigenvalue weighted by atomic mass is 9.72. The van der Waals surface area contributed by atoms with E-state index in [0.717, 1.165) is 17.3 Å². The molecule has 1 aliphatic heterocycles. The van der Waals surface area contributed by atoms with Crippen molar-refractivity contribution in [2.24, 2.45) is 11.3 Å². The van der Waals surface area contributed by atoms with Gasteiger partial charge in [-0.15, -0.1) is 0 Å². The number of hydrogen-bond donors (Lipinski definition) is 2. The maximum absolute atomic E-state index is 12.3. The van der Waals surface area contributed by atoms with E-state index in [-0.39, 0.29) is 17.7 Å². The van der Waals surface area contributed by atoms with Gasteiger partial charge in [0.2, 0.25) is 11.8 Å². The topological polar surface area (TPSA) is 106 Å². The Balaban J connectivity index is 2.09. The molecule has 2 amide bonds. The average Bonchev–Trinajstić information content (AvgIpc) is 2.59. The largest absolute Gasteiger partial charge is 0.349 e. The second-order valence-electron chi connectivity index (χ2n) is 6.69. The molecule has 0 unspecified atom stereocenters. The van der Waals surface area contributed by atoms with E-state index in [1.54, 1.807) is 19.9 Å². The third-order valence-electron chi connectivity index (χ3n) is 4.43. The predicted molar refractivity (Wildman–Crippen MR) is 104 cm³/mol. The molecular weight excluding hydrogens is 384 g/mol. The number of hydrogen-bond acceptors (Lipinski definition) is 5. The van der Waals surface area contributed by atoms with Gasteiger partial charge in [0.05, 0.1) is 34.5 Å². The first-order valence-electron chi connectivity index (χ1n) is 8.24. The van der Waals surface area contributed by atoms with Crippen LogP contribution in [0.3, 0.4) is 0 Å². The second kappa shape index (κ2) is 8.47. The maximum Gasteiger partial charge on any atom is 0.243 e. The van der Waals surface area contributed by atoms with Crippen LogP contribution >= 0.6 is 23.4 Å². The molecule has 2 atom stereocenters. The lowest BCUT2D eigenvalue weighted by molar-refractivity contribution is -0.125. The van der Waals surface area contributed by atoms with Gasteiger partial charge in [-0.2, -0.15) is 10.5 Å². The van der Waals surface area contributed by atoms with E-state index in [1.807, 2.05) is 31.2 Å². The Kier molecular flexibility index (Phi) is 6.54. The number of rotatable bonds is 5. The summed E-state index contributed by atoms with van der Waals surface area (Å²) in [5.41, 5.74) is 0.180. The highest BCUT2D eigenvalue weighted by atomic mass is 35.5. The molecule has 2 N–H and O–H groups in total. The summed E-state index contributed by atoms with van der Waals surface area (Å²) < 4.78 is 0. The fourth-order valence-corrected chi connectivity index (χ4v) is 4.14. The maximum atomic E-state index is 12.3. The van der Waals surface area contributed by atoms with E-state index in [9.17, 15) is 20.1 Å². The van der Waals surface area contributed by atoms with Crippen LogP contribution in [0.25, 0.3) is 0 Å². The molecule has 1 aromatic rings. The van der Waals surface area contributed by atoms with Crippen molar-refractivity contribution in [1.29, 1.82) is 10.5 Å². The first-order chi connectivity index (χ1) is 12.7. The molecule has 1 aromatic carbocycles. The molecule has 0 aliphatic carbocycles. The van der Waals surface area contributed by atoms with Gasteiger partial charge in [0.25, 0.3) is 0 Å². The minimum absolute atomic E-state index is 0.0168. The van der Waals surface area contributed by atoms with Gasteiger partial charge < -0.3 is 10.6 Å². The zero-order valence-corrected chi connectivity index (χ0v) is 16.7. The Hall–Kier alpha value is -2.48. The Bertz CT molecular complexity index is 882. The molecule has 0 saturated carbocycles. The van der Waals surface area contributed by atoms with Crippen LogP contribution in [0.1, 0.15) is 32.4 Å². The summed E-state index contributed by atoms with van der Waals surface area (Å²) >= 11 is 7.21. The van der Waals surface area contributed by atoms with Crippen molar-refractivity contribution in [3.8, 4) is 12.1 Å². The highest BCUT2D eigenvalue weighted by molar-refractivity contribution is 8.03. The van der Waals surface area contributed by atoms with Crippen LogP contribution in [0.15, 0.2) is 34.9 Å². The van der Waals surface area contributed by atoms with Crippen LogP contribution in [-0.2, 0) is 9.59 Å². The number of allylic oxidation sites excluding steroid dienone is 1. The van der Waals surface area contributed by atoms with Crippen molar-refractivity contribution in [3.63, 3.8) is 0 Å². The van der Waals surface area contributed by atoms with E-state index in [4.69, 9.17) is 11.6 Å². The molecule has 0 aromatic heterocycles. The lowest BCUT2D eigenvalue weighted by Crippen LogP contribution is -2.44. The molecule has 27 heavy (non-hydrogen) atoms. The number of carbonyl (C=O) groups is 2. The van der Waals surface area contributed by atoms with E-state index < -0.39 is 17.2 Å². The molecule has 0 radical (unpaired) electrons. The van der Waals surface area contributed by atoms with E-state index in [2.05, 4.69) is 16.7 Å². The zero-order chi connectivity index (χ0) is 20.2. The minimum Gasteiger partial charge on any atom is -0.349 e. The highest BCUT2D eigenvalue weighted by Gasteiger charge is 2.44. The molecule has 0 bridgehead atoms. The van der Waals surface area contributed by atoms with Crippen LogP contribution in [-0.4, -0.2) is 17.6 Å². The van der Waals surface area contributed by atoms with Crippen molar-refractivity contribution in [1.82, 2.24) is 10.6 Å². The fraction of sp³-hybridized carbons (Fsp3) is 0.368. The number of benzene rings is 1. The molecule has 8 heteroatoms. The smallest absolute Gasteiger partial charge is 0.243 e. The summed E-state index contributed by atoms with van der Waals surface area (Å²) in [4.78, 5) is 24.4. The Morgan fingerprint density at radius 2 is 2.07 bits per heavy atom. The number of thioether (sulfide) groups is 1. The molecule has 0 saturated heterocycles. The third kappa shape index (κ3) is 4.44. The standard InChI is InChI=1S/C19H19ClN4O2S/c1-11(12-6-4-5-7-15(12)20)23-16(25)10-27-18-14(9-22)19(2,3)13(8-21)17(26)24-18/h4-7,11,13H,10H2,1-3H3,(H,23,25)(H,24,26)/t11-,13+/m0/s1. The molecule has 0 spiro atoms. The van der Waals surface area contributed by atoms with Gasteiger partial charge in [0.1, 0.15) is 5.92 Å². The number of nitrogens with zero attached hydrogens (tertiary/aromatic N) is 2. The van der Waals surface area contributed by atoms with Gasteiger partial charge in [0, 0.05) is 10.4 Å². The Labute approximate surface area is 167 Å². The van der Waals surface area contributed by atoms with E-state index in [1.165, 1.54) is 0 Å². The third-order valence-corrected chi connectivity index (χ3v) is 5.78. The van der Waals surface area contributed by atoms with Gasteiger partial charge in [-0.25, -0.2) is 0 Å². The van der Waals surface area contributed by atoms with E-state index >= 15 is 0 Å². The van der Waals surface area contributed by atoms with Gasteiger partial charge in [-0.3, -0.25) is 9.59 Å². The van der Waals surface area contributed by atoms with Crippen molar-refractivity contribution < 1.29 is 9.59 Å². The summed E-state index contributed by atoms with van der Waals surface area (Å²) in [6, 6.07) is 11.0. The van der Waals surface area contributed by atoms with E-state index in [0.29, 0.717) is 15.6 Å². The number of nitrogens with one attached hydrogen (secondary N) is 2. The Morgan fingerprint density at radius 1 is 1.41 bits per heavy atom. The van der Waals surface area contributed by atoms with Crippen LogP contribution in [0.2, 0.25) is 5.02 Å². The van der Waals surface area contributed by atoms with Gasteiger partial charge in [-0.1, -0.05) is 55.4 Å². The minimum atomic E-state index is -0.953. The molecule has 2 rings (SSSR count). The summed E-state index contributed by atoms with van der Waals surface area (Å²) in [6.45, 7) is 5.18. The molecule has 1 heterocycles. The van der Waals surface area contributed by atoms with Gasteiger partial charge in [0.15, 0.2) is 0 Å². The zero-order valence-electron chi connectivity index (χ0n) is 15.2. The quantitative estimate of drug-likeness (QED) is 0.786. The number of carbonyl (C=O) groups excluding carboxylic acids is 2. The summed E-state index contributed by atoms with van der Waals surface area (Å²) in [5.74, 6) is -1.66. The first-order valence-corrected chi connectivity index (χ1v) is 9.60. The van der Waals surface area contributed by atoms with Crippen LogP contribution < -0.4 is 10.6 Å². The number of halogens is 1. The van der Waals surface area contributed by atoms with Crippen LogP contribution in [0.4, 0.5) is 0 Å². The number of nitriles is 2. The first kappa shape index (κ1) is 20.8. The summed E-state index contributed by atoms with van der Waals surface area (Å²) in [6.07, 6.45) is 0. The SMILES string of the molecule is C[C@H](NC(=O)CSC1=C(C#N)C(C)(C)[C@H](C#N)C(=O)N1)c1ccccc1Cl. The molecular formula is C19H19ClN4O2S. The van der Waals surface area contributed by atoms with Gasteiger partial charge in [-0.05, 0) is 18.6 Å².